The maximum atomic E-state index is 9.50. The van der Waals surface area contributed by atoms with E-state index < -0.39 is 0 Å². The molecule has 0 atom stereocenters. The summed E-state index contributed by atoms with van der Waals surface area (Å²) >= 11 is 0. The molecule has 0 spiro atoms. The van der Waals surface area contributed by atoms with E-state index in [0.717, 1.165) is 32.3 Å². The first-order chi connectivity index (χ1) is 22.9. The van der Waals surface area contributed by atoms with Gasteiger partial charge >= 0.3 is 0 Å². The zero-order valence-corrected chi connectivity index (χ0v) is 31.0. The minimum Gasteiger partial charge on any atom is -0.383 e. The zero-order valence-electron chi connectivity index (χ0n) is 31.0. The van der Waals surface area contributed by atoms with Crippen LogP contribution < -0.4 is 17.2 Å². The Kier molecular flexibility index (Phi) is 14.0. The van der Waals surface area contributed by atoms with Gasteiger partial charge in [-0.05, 0) is 67.3 Å². The number of fused-ring (bicyclic) bond motifs is 3. The van der Waals surface area contributed by atoms with Crippen molar-refractivity contribution in [2.75, 3.05) is 31.6 Å². The number of alkyl halides is 2. The molecule has 0 aliphatic carbocycles. The smallest absolute Gasteiger partial charge is 0.131 e. The summed E-state index contributed by atoms with van der Waals surface area (Å²) < 4.78 is 19.0. The summed E-state index contributed by atoms with van der Waals surface area (Å²) in [5, 5.41) is 6.58. The van der Waals surface area contributed by atoms with Gasteiger partial charge in [0, 0.05) is 34.7 Å². The summed E-state index contributed by atoms with van der Waals surface area (Å²) in [4.78, 5) is 12.2. The summed E-state index contributed by atoms with van der Waals surface area (Å²) in [5.74, 6) is 1.81. The van der Waals surface area contributed by atoms with E-state index in [-0.39, 0.29) is 16.2 Å². The minimum atomic E-state index is 0.173. The summed E-state index contributed by atoms with van der Waals surface area (Å²) in [6.07, 6.45) is 5.26. The number of pyridine rings is 3. The molecule has 0 unspecified atom stereocenters. The molecule has 0 saturated heterocycles. The molecular weight excluding hydrogens is 614 g/mol. The van der Waals surface area contributed by atoms with Crippen molar-refractivity contribution >= 4 is 49.8 Å². The Morgan fingerprint density at radius 2 is 0.612 bits per heavy atom. The van der Waals surface area contributed by atoms with Crippen molar-refractivity contribution in [3.8, 4) is 0 Å². The van der Waals surface area contributed by atoms with Gasteiger partial charge in [-0.3, -0.25) is 8.78 Å². The van der Waals surface area contributed by atoms with Crippen LogP contribution in [0.1, 0.15) is 79.0 Å². The Morgan fingerprint density at radius 1 is 0.388 bits per heavy atom. The fourth-order valence-corrected chi connectivity index (χ4v) is 5.00. The molecule has 0 aliphatic rings. The highest BCUT2D eigenvalue weighted by molar-refractivity contribution is 5.92. The maximum Gasteiger partial charge on any atom is 0.131 e. The van der Waals surface area contributed by atoms with Crippen LogP contribution in [0.3, 0.4) is 0 Å². The van der Waals surface area contributed by atoms with Crippen molar-refractivity contribution in [3.63, 3.8) is 0 Å². The number of anilines is 3. The molecule has 6 N–H and O–H groups in total. The average Bonchev–Trinajstić information content (AvgIpc) is 3.06. The van der Waals surface area contributed by atoms with Crippen molar-refractivity contribution in [2.24, 2.45) is 0 Å². The Morgan fingerprint density at radius 3 is 0.816 bits per heavy atom. The van der Waals surface area contributed by atoms with Gasteiger partial charge < -0.3 is 17.2 Å². The van der Waals surface area contributed by atoms with E-state index >= 15 is 0 Å². The molecule has 0 fully saturated rings. The first kappa shape index (κ1) is 40.3. The van der Waals surface area contributed by atoms with Crippen LogP contribution in [-0.4, -0.2) is 29.3 Å². The van der Waals surface area contributed by atoms with E-state index in [9.17, 15) is 8.78 Å². The fraction of sp³-hybridized carbons (Fsp3) is 0.341. The second-order valence-corrected chi connectivity index (χ2v) is 14.6. The second kappa shape index (κ2) is 17.0. The Bertz CT molecular complexity index is 1720. The predicted octanol–water partition coefficient (Wildman–Crippen LogP) is 10.5. The van der Waals surface area contributed by atoms with E-state index in [4.69, 9.17) is 17.2 Å². The minimum absolute atomic E-state index is 0.173. The summed E-state index contributed by atoms with van der Waals surface area (Å²) in [6.45, 7) is 19.9. The number of rotatable bonds is 0. The highest BCUT2D eigenvalue weighted by Crippen LogP contribution is 2.29. The van der Waals surface area contributed by atoms with E-state index in [1.165, 1.54) is 16.7 Å². The molecule has 3 aromatic heterocycles. The highest BCUT2D eigenvalue weighted by Gasteiger charge is 2.16. The van der Waals surface area contributed by atoms with Crippen LogP contribution in [0.4, 0.5) is 26.2 Å². The topological polar surface area (TPSA) is 117 Å². The third-order valence-corrected chi connectivity index (χ3v) is 7.98. The lowest BCUT2D eigenvalue weighted by Crippen LogP contribution is -2.10. The van der Waals surface area contributed by atoms with Gasteiger partial charge in [-0.15, -0.1) is 0 Å². The lowest BCUT2D eigenvalue weighted by molar-refractivity contribution is 0.591. The van der Waals surface area contributed by atoms with Crippen LogP contribution in [0, 0.1) is 0 Å². The van der Waals surface area contributed by atoms with E-state index in [0.29, 0.717) is 31.8 Å². The number of nitrogens with zero attached hydrogens (tertiary/aromatic N) is 3. The number of aromatic nitrogens is 3. The first-order valence-electron chi connectivity index (χ1n) is 16.1. The molecule has 0 radical (unpaired) electrons. The number of nitrogen functional groups attached to an aromatic ring is 3. The normalized spacial score (nSPS) is 11.2. The van der Waals surface area contributed by atoms with Gasteiger partial charge in [-0.1, -0.05) is 117 Å². The Labute approximate surface area is 291 Å². The molecular formula is C41H54F2N6. The fourth-order valence-electron chi connectivity index (χ4n) is 5.00. The number of hydrogen-bond donors (Lipinski definition) is 3. The van der Waals surface area contributed by atoms with Crippen molar-refractivity contribution in [3.05, 3.63) is 108 Å². The summed E-state index contributed by atoms with van der Waals surface area (Å²) in [5.41, 5.74) is 21.9. The first-order valence-corrected chi connectivity index (χ1v) is 16.1. The van der Waals surface area contributed by atoms with Crippen molar-refractivity contribution < 1.29 is 8.78 Å². The standard InChI is InChI=1S/3C13H16N2.2CH3F/c3*1-13(2,3)10-4-5-11-9(8-10)6-7-15-12(11)14;2*1-2/h3*4-8H,1-3H3,(H2,14,15);2*1H3. The van der Waals surface area contributed by atoms with Gasteiger partial charge in [0.1, 0.15) is 17.5 Å². The van der Waals surface area contributed by atoms with E-state index in [2.05, 4.69) is 132 Å². The molecule has 0 saturated carbocycles. The van der Waals surface area contributed by atoms with Gasteiger partial charge in [0.15, 0.2) is 0 Å². The van der Waals surface area contributed by atoms with Crippen LogP contribution in [-0.2, 0) is 16.2 Å². The molecule has 6 nitrogen and oxygen atoms in total. The molecule has 8 heteroatoms. The van der Waals surface area contributed by atoms with Gasteiger partial charge in [-0.25, -0.2) is 15.0 Å². The number of nitrogens with two attached hydrogens (primary N) is 3. The number of hydrogen-bond acceptors (Lipinski definition) is 6. The van der Waals surface area contributed by atoms with Crippen molar-refractivity contribution in [2.45, 2.75) is 78.6 Å². The van der Waals surface area contributed by atoms with E-state index in [1.54, 1.807) is 18.6 Å². The molecule has 0 amide bonds. The Hall–Kier alpha value is -4.85. The monoisotopic (exact) mass is 668 g/mol. The molecule has 3 aromatic carbocycles. The highest BCUT2D eigenvalue weighted by atomic mass is 19.1. The van der Waals surface area contributed by atoms with Gasteiger partial charge in [0.05, 0.1) is 14.4 Å². The van der Waals surface area contributed by atoms with Crippen LogP contribution in [0.2, 0.25) is 0 Å². The van der Waals surface area contributed by atoms with Gasteiger partial charge in [0.25, 0.3) is 0 Å². The van der Waals surface area contributed by atoms with Crippen LogP contribution >= 0.6 is 0 Å². The third kappa shape index (κ3) is 10.8. The SMILES string of the molecule is CC(C)(C)c1ccc2c(N)nccc2c1.CC(C)(C)c1ccc2c(N)nccc2c1.CC(C)(C)c1ccc2c(N)nccc2c1.CF.CF. The third-order valence-electron chi connectivity index (χ3n) is 7.98. The van der Waals surface area contributed by atoms with Crippen LogP contribution in [0.5, 0.6) is 0 Å². The van der Waals surface area contributed by atoms with Gasteiger partial charge in [-0.2, -0.15) is 0 Å². The molecule has 6 aromatic rings. The second-order valence-electron chi connectivity index (χ2n) is 14.6. The van der Waals surface area contributed by atoms with E-state index in [1.807, 2.05) is 18.2 Å². The average molecular weight is 669 g/mol. The largest absolute Gasteiger partial charge is 0.383 e. The molecule has 0 bridgehead atoms. The predicted molar refractivity (Wildman–Crippen MR) is 209 cm³/mol. The van der Waals surface area contributed by atoms with Crippen molar-refractivity contribution in [1.29, 1.82) is 0 Å². The summed E-state index contributed by atoms with van der Waals surface area (Å²) in [6, 6.07) is 25.1. The summed E-state index contributed by atoms with van der Waals surface area (Å²) in [7, 11) is 1.00. The van der Waals surface area contributed by atoms with Gasteiger partial charge in [0.2, 0.25) is 0 Å². The lowest BCUT2D eigenvalue weighted by Gasteiger charge is -2.19. The molecule has 0 aliphatic heterocycles. The maximum absolute atomic E-state index is 9.50. The Balaban J connectivity index is 0.000000242. The number of halogens is 2. The van der Waals surface area contributed by atoms with Crippen LogP contribution in [0.15, 0.2) is 91.4 Å². The van der Waals surface area contributed by atoms with Crippen LogP contribution in [0.25, 0.3) is 32.3 Å². The zero-order chi connectivity index (χ0) is 37.2. The molecule has 49 heavy (non-hydrogen) atoms. The quantitative estimate of drug-likeness (QED) is 0.148. The number of benzene rings is 3. The lowest BCUT2D eigenvalue weighted by atomic mass is 9.86. The molecule has 6 rings (SSSR count). The molecule has 262 valence electrons. The molecule has 3 heterocycles. The van der Waals surface area contributed by atoms with Crippen molar-refractivity contribution in [1.82, 2.24) is 15.0 Å².